The molecule has 2 N–H and O–H groups in total. The van der Waals surface area contributed by atoms with E-state index in [0.29, 0.717) is 0 Å². The van der Waals surface area contributed by atoms with E-state index in [9.17, 15) is 0 Å². The summed E-state index contributed by atoms with van der Waals surface area (Å²) in [5.41, 5.74) is 7.12. The van der Waals surface area contributed by atoms with Crippen LogP contribution in [0.2, 0.25) is 0 Å². The fourth-order valence-corrected chi connectivity index (χ4v) is 2.02. The van der Waals surface area contributed by atoms with Gasteiger partial charge in [0.05, 0.1) is 0 Å². The highest BCUT2D eigenvalue weighted by atomic mass is 127. The van der Waals surface area contributed by atoms with E-state index >= 15 is 0 Å². The van der Waals surface area contributed by atoms with Crippen molar-refractivity contribution in [2.24, 2.45) is 5.73 Å². The molecule has 2 rings (SSSR count). The summed E-state index contributed by atoms with van der Waals surface area (Å²) in [4.78, 5) is 0. The van der Waals surface area contributed by atoms with Crippen LogP contribution in [0.4, 0.5) is 0 Å². The molecule has 0 aliphatic carbocycles. The highest BCUT2D eigenvalue weighted by Crippen LogP contribution is 2.24. The molecule has 0 fully saturated rings. The van der Waals surface area contributed by atoms with Gasteiger partial charge in [0, 0.05) is 9.61 Å². The summed E-state index contributed by atoms with van der Waals surface area (Å²) in [6.45, 7) is 2.08. The van der Waals surface area contributed by atoms with E-state index in [0.717, 1.165) is 23.5 Å². The fraction of sp³-hybridized carbons (Fsp3) is 0.200. The first kappa shape index (κ1) is 13.4. The van der Waals surface area contributed by atoms with E-state index in [-0.39, 0.29) is 6.04 Å². The predicted octanol–water partition coefficient (Wildman–Crippen LogP) is 4.49. The molecule has 94 valence electrons. The molecule has 0 radical (unpaired) electrons. The van der Waals surface area contributed by atoms with Crippen molar-refractivity contribution in [1.29, 1.82) is 0 Å². The molecule has 2 nitrogen and oxygen atoms in total. The van der Waals surface area contributed by atoms with Gasteiger partial charge in [-0.1, -0.05) is 19.1 Å². The Morgan fingerprint density at radius 1 is 1.00 bits per heavy atom. The van der Waals surface area contributed by atoms with E-state index < -0.39 is 0 Å². The van der Waals surface area contributed by atoms with Gasteiger partial charge in [0.15, 0.2) is 0 Å². The number of hydrogen-bond acceptors (Lipinski definition) is 2. The van der Waals surface area contributed by atoms with E-state index in [1.54, 1.807) is 0 Å². The quantitative estimate of drug-likeness (QED) is 0.822. The van der Waals surface area contributed by atoms with Crippen LogP contribution >= 0.6 is 22.6 Å². The molecular formula is C15H16INO. The van der Waals surface area contributed by atoms with E-state index in [1.807, 2.05) is 48.5 Å². The first-order valence-corrected chi connectivity index (χ1v) is 7.06. The summed E-state index contributed by atoms with van der Waals surface area (Å²) >= 11 is 2.27. The molecule has 0 saturated heterocycles. The average Bonchev–Trinajstić information content (AvgIpc) is 2.41. The molecular weight excluding hydrogens is 337 g/mol. The lowest BCUT2D eigenvalue weighted by Crippen LogP contribution is -2.07. The Bertz CT molecular complexity index is 493. The molecule has 0 spiro atoms. The SMILES string of the molecule is CCC(N)c1ccc(Oc2ccc(I)cc2)cc1. The number of hydrogen-bond donors (Lipinski definition) is 1. The Balaban J connectivity index is 2.08. The zero-order chi connectivity index (χ0) is 13.0. The number of benzene rings is 2. The molecule has 3 heteroatoms. The van der Waals surface area contributed by atoms with Crippen LogP contribution in [0.25, 0.3) is 0 Å². The number of rotatable bonds is 4. The van der Waals surface area contributed by atoms with Gasteiger partial charge in [0.25, 0.3) is 0 Å². The molecule has 2 aromatic carbocycles. The number of ether oxygens (including phenoxy) is 1. The summed E-state index contributed by atoms with van der Waals surface area (Å²) in [6, 6.07) is 16.1. The summed E-state index contributed by atoms with van der Waals surface area (Å²) < 4.78 is 6.96. The van der Waals surface area contributed by atoms with Gasteiger partial charge in [0.2, 0.25) is 0 Å². The molecule has 1 atom stereocenters. The molecule has 0 aliphatic rings. The molecule has 0 amide bonds. The van der Waals surface area contributed by atoms with Crippen molar-refractivity contribution in [3.05, 3.63) is 57.7 Å². The molecule has 1 unspecified atom stereocenters. The van der Waals surface area contributed by atoms with Gasteiger partial charge in [-0.3, -0.25) is 0 Å². The second-order valence-corrected chi connectivity index (χ2v) is 5.39. The van der Waals surface area contributed by atoms with E-state index in [2.05, 4.69) is 29.5 Å². The van der Waals surface area contributed by atoms with Crippen molar-refractivity contribution in [3.63, 3.8) is 0 Å². The molecule has 0 aromatic heterocycles. The summed E-state index contributed by atoms with van der Waals surface area (Å²) in [5, 5.41) is 0. The highest BCUT2D eigenvalue weighted by Gasteiger charge is 2.03. The van der Waals surface area contributed by atoms with Gasteiger partial charge >= 0.3 is 0 Å². The lowest BCUT2D eigenvalue weighted by Gasteiger charge is -2.10. The van der Waals surface area contributed by atoms with Crippen LogP contribution in [-0.4, -0.2) is 0 Å². The van der Waals surface area contributed by atoms with Crippen LogP contribution in [0, 0.1) is 3.57 Å². The van der Waals surface area contributed by atoms with E-state index in [1.165, 1.54) is 3.57 Å². The predicted molar refractivity (Wildman–Crippen MR) is 82.9 cm³/mol. The van der Waals surface area contributed by atoms with Crippen LogP contribution in [0.1, 0.15) is 24.9 Å². The Morgan fingerprint density at radius 3 is 2.00 bits per heavy atom. The van der Waals surface area contributed by atoms with Gasteiger partial charge < -0.3 is 10.5 Å². The summed E-state index contributed by atoms with van der Waals surface area (Å²) in [6.07, 6.45) is 0.942. The van der Waals surface area contributed by atoms with Crippen molar-refractivity contribution >= 4 is 22.6 Å². The zero-order valence-electron chi connectivity index (χ0n) is 10.3. The summed E-state index contributed by atoms with van der Waals surface area (Å²) in [5.74, 6) is 1.69. The monoisotopic (exact) mass is 353 g/mol. The Hall–Kier alpha value is -1.07. The maximum atomic E-state index is 5.97. The minimum absolute atomic E-state index is 0.109. The topological polar surface area (TPSA) is 35.2 Å². The third-order valence-corrected chi connectivity index (χ3v) is 3.52. The van der Waals surface area contributed by atoms with Crippen LogP contribution < -0.4 is 10.5 Å². The van der Waals surface area contributed by atoms with Gasteiger partial charge in [-0.05, 0) is 71.0 Å². The zero-order valence-corrected chi connectivity index (χ0v) is 12.4. The van der Waals surface area contributed by atoms with Crippen molar-refractivity contribution in [2.45, 2.75) is 19.4 Å². The minimum atomic E-state index is 0.109. The minimum Gasteiger partial charge on any atom is -0.457 e. The molecule has 0 saturated carbocycles. The number of nitrogens with two attached hydrogens (primary N) is 1. The van der Waals surface area contributed by atoms with Gasteiger partial charge in [-0.2, -0.15) is 0 Å². The Morgan fingerprint density at radius 2 is 1.50 bits per heavy atom. The molecule has 0 heterocycles. The maximum Gasteiger partial charge on any atom is 0.127 e. The van der Waals surface area contributed by atoms with Gasteiger partial charge in [-0.15, -0.1) is 0 Å². The smallest absolute Gasteiger partial charge is 0.127 e. The van der Waals surface area contributed by atoms with Crippen LogP contribution in [0.3, 0.4) is 0 Å². The number of halogens is 1. The third kappa shape index (κ3) is 3.46. The first-order chi connectivity index (χ1) is 8.69. The normalized spacial score (nSPS) is 12.2. The highest BCUT2D eigenvalue weighted by molar-refractivity contribution is 14.1. The largest absolute Gasteiger partial charge is 0.457 e. The van der Waals surface area contributed by atoms with Gasteiger partial charge in [0.1, 0.15) is 11.5 Å². The molecule has 2 aromatic rings. The first-order valence-electron chi connectivity index (χ1n) is 5.98. The standard InChI is InChI=1S/C15H16INO/c1-2-15(17)11-3-7-13(8-4-11)18-14-9-5-12(16)6-10-14/h3-10,15H,2,17H2,1H3. The van der Waals surface area contributed by atoms with Crippen molar-refractivity contribution in [2.75, 3.05) is 0 Å². The second kappa shape index (κ2) is 6.20. The third-order valence-electron chi connectivity index (χ3n) is 2.80. The Kier molecular flexibility index (Phi) is 4.60. The van der Waals surface area contributed by atoms with E-state index in [4.69, 9.17) is 10.5 Å². The molecule has 0 bridgehead atoms. The molecule has 0 aliphatic heterocycles. The fourth-order valence-electron chi connectivity index (χ4n) is 1.66. The van der Waals surface area contributed by atoms with Crippen LogP contribution in [0.15, 0.2) is 48.5 Å². The van der Waals surface area contributed by atoms with Crippen LogP contribution in [-0.2, 0) is 0 Å². The average molecular weight is 353 g/mol. The lowest BCUT2D eigenvalue weighted by molar-refractivity contribution is 0.482. The maximum absolute atomic E-state index is 5.97. The summed E-state index contributed by atoms with van der Waals surface area (Å²) in [7, 11) is 0. The lowest BCUT2D eigenvalue weighted by atomic mass is 10.1. The van der Waals surface area contributed by atoms with Crippen LogP contribution in [0.5, 0.6) is 11.5 Å². The Labute approximate surface area is 121 Å². The molecule has 18 heavy (non-hydrogen) atoms. The van der Waals surface area contributed by atoms with Crippen molar-refractivity contribution < 1.29 is 4.74 Å². The second-order valence-electron chi connectivity index (χ2n) is 4.14. The van der Waals surface area contributed by atoms with Crippen molar-refractivity contribution in [1.82, 2.24) is 0 Å². The van der Waals surface area contributed by atoms with Gasteiger partial charge in [-0.25, -0.2) is 0 Å². The van der Waals surface area contributed by atoms with Crippen molar-refractivity contribution in [3.8, 4) is 11.5 Å².